The molecule has 28 heavy (non-hydrogen) atoms. The van der Waals surface area contributed by atoms with E-state index in [1.807, 2.05) is 6.20 Å². The van der Waals surface area contributed by atoms with Crippen LogP contribution in [0.5, 0.6) is 0 Å². The van der Waals surface area contributed by atoms with Crippen molar-refractivity contribution in [1.29, 1.82) is 0 Å². The summed E-state index contributed by atoms with van der Waals surface area (Å²) in [4.78, 5) is 4.37. The minimum Gasteiger partial charge on any atom is -0.397 e. The Morgan fingerprint density at radius 2 is 1.89 bits per heavy atom. The zero-order chi connectivity index (χ0) is 19.7. The van der Waals surface area contributed by atoms with Crippen molar-refractivity contribution in [2.24, 2.45) is 28.1 Å². The first-order valence-electron chi connectivity index (χ1n) is 11.1. The van der Waals surface area contributed by atoms with Gasteiger partial charge >= 0.3 is 0 Å². The van der Waals surface area contributed by atoms with Gasteiger partial charge in [-0.2, -0.15) is 0 Å². The number of fused-ring (bicyclic) bond motifs is 5. The van der Waals surface area contributed by atoms with Crippen molar-refractivity contribution in [1.82, 2.24) is 4.98 Å². The van der Waals surface area contributed by atoms with Crippen LogP contribution in [0.1, 0.15) is 71.3 Å². The molecule has 4 aliphatic rings. The van der Waals surface area contributed by atoms with E-state index in [1.54, 1.807) is 11.8 Å². The van der Waals surface area contributed by atoms with E-state index in [-0.39, 0.29) is 22.3 Å². The van der Waals surface area contributed by atoms with Gasteiger partial charge in [-0.25, -0.2) is 0 Å². The van der Waals surface area contributed by atoms with Gasteiger partial charge in [0.1, 0.15) is 0 Å². The summed E-state index contributed by atoms with van der Waals surface area (Å²) in [5.74, 6) is 1.45. The smallest absolute Gasteiger partial charge is 0.0577 e. The Balaban J connectivity index is 1.53. The van der Waals surface area contributed by atoms with Crippen LogP contribution in [0, 0.1) is 28.1 Å². The lowest BCUT2D eigenvalue weighted by molar-refractivity contribution is -0.0783. The number of nitrogens with two attached hydrogens (primary N) is 1. The number of nitrogen functional groups attached to an aromatic ring is 1. The van der Waals surface area contributed by atoms with E-state index in [0.717, 1.165) is 37.3 Å². The van der Waals surface area contributed by atoms with Gasteiger partial charge in [-0.3, -0.25) is 4.98 Å². The molecule has 2 saturated carbocycles. The highest BCUT2D eigenvalue weighted by Crippen LogP contribution is 2.71. The number of hydrogen-bond donors (Lipinski definition) is 2. The lowest BCUT2D eigenvalue weighted by Gasteiger charge is -2.62. The van der Waals surface area contributed by atoms with E-state index in [2.05, 4.69) is 44.0 Å². The maximum atomic E-state index is 10.2. The maximum absolute atomic E-state index is 10.2. The zero-order valence-corrected chi connectivity index (χ0v) is 17.5. The van der Waals surface area contributed by atoms with Gasteiger partial charge in [-0.05, 0) is 90.2 Å². The average molecular weight is 379 g/mol. The second-order valence-corrected chi connectivity index (χ2v) is 10.6. The van der Waals surface area contributed by atoms with Gasteiger partial charge in [0.2, 0.25) is 0 Å². The number of anilines is 1. The summed E-state index contributed by atoms with van der Waals surface area (Å²) >= 11 is 0. The normalized spacial score (nSPS) is 44.8. The molecule has 5 rings (SSSR count). The number of aromatic nitrogens is 1. The second kappa shape index (κ2) is 5.95. The molecule has 0 radical (unpaired) electrons. The first-order chi connectivity index (χ1) is 13.3. The van der Waals surface area contributed by atoms with E-state index in [0.29, 0.717) is 5.92 Å². The molecule has 3 nitrogen and oxygen atoms in total. The van der Waals surface area contributed by atoms with Crippen LogP contribution in [0.15, 0.2) is 36.2 Å². The van der Waals surface area contributed by atoms with Gasteiger partial charge < -0.3 is 10.8 Å². The van der Waals surface area contributed by atoms with E-state index in [9.17, 15) is 5.11 Å². The quantitative estimate of drug-likeness (QED) is 0.646. The number of hydrogen-bond acceptors (Lipinski definition) is 3. The largest absolute Gasteiger partial charge is 0.397 e. The highest BCUT2D eigenvalue weighted by Gasteiger charge is 2.62. The van der Waals surface area contributed by atoms with Gasteiger partial charge in [0.15, 0.2) is 0 Å². The van der Waals surface area contributed by atoms with Crippen LogP contribution in [0.4, 0.5) is 5.69 Å². The van der Waals surface area contributed by atoms with Crippen LogP contribution in [-0.4, -0.2) is 16.2 Å². The molecular weight excluding hydrogens is 344 g/mol. The fourth-order valence-electron chi connectivity index (χ4n) is 7.60. The van der Waals surface area contributed by atoms with Crippen molar-refractivity contribution in [3.63, 3.8) is 0 Å². The summed E-state index contributed by atoms with van der Waals surface area (Å²) in [6, 6.07) is 2.10. The summed E-state index contributed by atoms with van der Waals surface area (Å²) < 4.78 is 0. The third kappa shape index (κ3) is 2.29. The first-order valence-corrected chi connectivity index (χ1v) is 11.1. The summed E-state index contributed by atoms with van der Waals surface area (Å²) in [7, 11) is 0. The molecule has 3 heteroatoms. The van der Waals surface area contributed by atoms with Crippen LogP contribution < -0.4 is 5.73 Å². The van der Waals surface area contributed by atoms with Crippen molar-refractivity contribution < 1.29 is 5.11 Å². The van der Waals surface area contributed by atoms with E-state index < -0.39 is 0 Å². The van der Waals surface area contributed by atoms with Gasteiger partial charge in [0.25, 0.3) is 0 Å². The van der Waals surface area contributed by atoms with Gasteiger partial charge in [-0.15, -0.1) is 0 Å². The summed E-state index contributed by atoms with van der Waals surface area (Å²) in [6.45, 7) is 7.54. The van der Waals surface area contributed by atoms with E-state index in [1.165, 1.54) is 30.4 Å². The van der Waals surface area contributed by atoms with Crippen LogP contribution in [0.3, 0.4) is 0 Å². The molecule has 150 valence electrons. The number of aliphatic hydroxyl groups is 1. The molecule has 0 saturated heterocycles. The van der Waals surface area contributed by atoms with Crippen LogP contribution in [0.2, 0.25) is 0 Å². The van der Waals surface area contributed by atoms with Crippen LogP contribution >= 0.6 is 0 Å². The summed E-state index contributed by atoms with van der Waals surface area (Å²) in [6.07, 6.45) is 16.5. The molecule has 0 bridgehead atoms. The molecule has 0 aliphatic heterocycles. The Morgan fingerprint density at radius 3 is 2.68 bits per heavy atom. The molecule has 0 aromatic carbocycles. The molecule has 3 N–H and O–H groups in total. The van der Waals surface area contributed by atoms with E-state index in [4.69, 9.17) is 5.73 Å². The molecule has 0 spiro atoms. The molecule has 4 aliphatic carbocycles. The van der Waals surface area contributed by atoms with Crippen molar-refractivity contribution in [2.45, 2.75) is 71.8 Å². The number of nitrogens with zero attached hydrogens (tertiary/aromatic N) is 1. The Bertz CT molecular complexity index is 873. The number of aliphatic hydroxyl groups excluding tert-OH is 1. The molecule has 0 amide bonds. The predicted molar refractivity (Wildman–Crippen MR) is 114 cm³/mol. The second-order valence-electron chi connectivity index (χ2n) is 10.6. The third-order valence-electron chi connectivity index (χ3n) is 9.54. The molecule has 2 fully saturated rings. The Hall–Kier alpha value is -1.61. The molecular formula is C25H34N2O. The fourth-order valence-corrected chi connectivity index (χ4v) is 7.60. The standard InChI is InChI=1S/C25H34N2O/c1-23-9-6-19(28)13-17(23)4-5-22-21(23)8-11-24(2)20(7-10-25(22,24)3)16-12-18(26)15-27-14-16/h4,7,12,14-15,19,21-22,28H,5-6,8-11,13,26H2,1-3H3/t19-,21-,22+,23-,24+,25-/m0/s1. The molecule has 1 heterocycles. The van der Waals surface area contributed by atoms with Crippen LogP contribution in [-0.2, 0) is 0 Å². The van der Waals surface area contributed by atoms with Crippen molar-refractivity contribution in [3.8, 4) is 0 Å². The number of allylic oxidation sites excluding steroid dienone is 3. The topological polar surface area (TPSA) is 59.1 Å². The Kier molecular flexibility index (Phi) is 3.91. The lowest BCUT2D eigenvalue weighted by Crippen LogP contribution is -2.54. The van der Waals surface area contributed by atoms with Crippen molar-refractivity contribution >= 4 is 11.3 Å². The molecule has 6 atom stereocenters. The predicted octanol–water partition coefficient (Wildman–Crippen LogP) is 5.37. The fraction of sp³-hybridized carbons (Fsp3) is 0.640. The van der Waals surface area contributed by atoms with Crippen LogP contribution in [0.25, 0.3) is 5.57 Å². The van der Waals surface area contributed by atoms with E-state index >= 15 is 0 Å². The van der Waals surface area contributed by atoms with Gasteiger partial charge in [-0.1, -0.05) is 38.5 Å². The van der Waals surface area contributed by atoms with Crippen molar-refractivity contribution in [3.05, 3.63) is 41.7 Å². The monoisotopic (exact) mass is 378 g/mol. The van der Waals surface area contributed by atoms with Crippen molar-refractivity contribution in [2.75, 3.05) is 5.73 Å². The highest BCUT2D eigenvalue weighted by atomic mass is 16.3. The Morgan fingerprint density at radius 1 is 1.07 bits per heavy atom. The number of rotatable bonds is 1. The highest BCUT2D eigenvalue weighted by molar-refractivity contribution is 5.75. The Labute approximate surface area is 169 Å². The number of pyridine rings is 1. The minimum absolute atomic E-state index is 0.129. The first kappa shape index (κ1) is 18.4. The maximum Gasteiger partial charge on any atom is 0.0577 e. The van der Waals surface area contributed by atoms with Gasteiger partial charge in [0.05, 0.1) is 11.8 Å². The third-order valence-corrected chi connectivity index (χ3v) is 9.54. The summed E-state index contributed by atoms with van der Waals surface area (Å²) in [5.41, 5.74) is 11.8. The molecule has 0 unspecified atom stereocenters. The lowest BCUT2D eigenvalue weighted by atomic mass is 9.42. The minimum atomic E-state index is -0.129. The van der Waals surface area contributed by atoms with Gasteiger partial charge in [0, 0.05) is 12.4 Å². The summed E-state index contributed by atoms with van der Waals surface area (Å²) in [5, 5.41) is 10.2. The average Bonchev–Trinajstić information content (AvgIpc) is 2.94. The molecule has 1 aromatic rings. The molecule has 1 aromatic heterocycles. The zero-order valence-electron chi connectivity index (χ0n) is 17.5. The SMILES string of the molecule is C[C@]12CC[C@H](O)CC1=CC[C@@H]1[C@@H]2CC[C@]2(C)C(c3cncc(N)c3)=CC[C@@]12C.